The largest absolute Gasteiger partial charge is 0.503 e. The fraction of sp³-hybridized carbons (Fsp3) is 0.500. The van der Waals surface area contributed by atoms with Gasteiger partial charge in [-0.15, -0.1) is 0 Å². The summed E-state index contributed by atoms with van der Waals surface area (Å²) in [5, 5.41) is 13.9. The van der Waals surface area contributed by atoms with Crippen molar-refractivity contribution < 1.29 is 46.5 Å². The molecular weight excluding hydrogens is 194 g/mol. The Balaban J connectivity index is 0. The second kappa shape index (κ2) is 4.55. The summed E-state index contributed by atoms with van der Waals surface area (Å²) in [5.41, 5.74) is 0. The topological polar surface area (TPSA) is 57.5 Å². The molecule has 0 bridgehead atoms. The maximum absolute atomic E-state index is 10.4. The van der Waals surface area contributed by atoms with Crippen molar-refractivity contribution in [2.24, 2.45) is 0 Å². The molecule has 0 saturated carbocycles. The van der Waals surface area contributed by atoms with Gasteiger partial charge in [-0.25, -0.2) is 4.79 Å². The van der Waals surface area contributed by atoms with Crippen molar-refractivity contribution in [1.82, 2.24) is 0 Å². The average molecular weight is 196 g/mol. The van der Waals surface area contributed by atoms with Crippen LogP contribution in [0.25, 0.3) is 0 Å². The summed E-state index contributed by atoms with van der Waals surface area (Å²) < 4.78 is 27.4. The standard InChI is InChI=1S/CF3.CH2O3.Zn/c2*2-1(3)4;/h;(H2,2,3,4);. The van der Waals surface area contributed by atoms with E-state index in [-0.39, 0.29) is 0 Å². The van der Waals surface area contributed by atoms with Crippen LogP contribution in [0.15, 0.2) is 0 Å². The first-order valence-electron chi connectivity index (χ1n) is 1.57. The summed E-state index contributed by atoms with van der Waals surface area (Å²) >= 11 is -0.604. The van der Waals surface area contributed by atoms with Gasteiger partial charge in [-0.2, -0.15) is 0 Å². The summed E-state index contributed by atoms with van der Waals surface area (Å²) in [6.07, 6.45) is -1.83. The molecule has 0 aromatic carbocycles. The van der Waals surface area contributed by atoms with Gasteiger partial charge in [-0.1, -0.05) is 0 Å². The second-order valence-electron chi connectivity index (χ2n) is 0.898. The molecule has 51 valence electrons. The Morgan fingerprint density at radius 3 is 1.33 bits per heavy atom. The number of hydrogen-bond acceptors (Lipinski definition) is 1. The summed E-state index contributed by atoms with van der Waals surface area (Å²) in [6, 6.07) is 0. The van der Waals surface area contributed by atoms with Gasteiger partial charge >= 0.3 is 42.4 Å². The second-order valence-corrected chi connectivity index (χ2v) is 2.58. The Bertz CT molecular complexity index is 79.5. The van der Waals surface area contributed by atoms with Crippen molar-refractivity contribution in [2.75, 3.05) is 0 Å². The van der Waals surface area contributed by atoms with E-state index in [1.54, 1.807) is 0 Å². The van der Waals surface area contributed by atoms with Crippen molar-refractivity contribution in [3.05, 3.63) is 0 Å². The number of rotatable bonds is 0. The van der Waals surface area contributed by atoms with Crippen LogP contribution in [-0.2, 0) is 18.3 Å². The van der Waals surface area contributed by atoms with Crippen LogP contribution in [-0.4, -0.2) is 21.1 Å². The SMILES string of the molecule is F[C](F)(F)[Zn].O=C(O)O. The van der Waals surface area contributed by atoms with Crippen LogP contribution in [0.3, 0.4) is 0 Å². The summed E-state index contributed by atoms with van der Waals surface area (Å²) in [4.78, 5) is 8.56. The van der Waals surface area contributed by atoms with Gasteiger partial charge in [-0.05, 0) is 0 Å². The van der Waals surface area contributed by atoms with Crippen LogP contribution in [0.1, 0.15) is 0 Å². The number of alkyl halides is 3. The molecule has 0 aliphatic heterocycles. The molecule has 0 radical (unpaired) electrons. The monoisotopic (exact) mass is 195 g/mol. The Labute approximate surface area is 58.2 Å². The molecule has 0 aliphatic carbocycles. The van der Waals surface area contributed by atoms with E-state index in [1.807, 2.05) is 0 Å². The van der Waals surface area contributed by atoms with Crippen LogP contribution in [0.2, 0.25) is 0 Å². The average Bonchev–Trinajstić information content (AvgIpc) is 1.19. The van der Waals surface area contributed by atoms with Crippen LogP contribution in [0.4, 0.5) is 18.0 Å². The first-order valence-corrected chi connectivity index (χ1v) is 3.06. The van der Waals surface area contributed by atoms with E-state index in [9.17, 15) is 13.2 Å². The van der Waals surface area contributed by atoms with Gasteiger partial charge in [0.15, 0.2) is 0 Å². The van der Waals surface area contributed by atoms with Crippen molar-refractivity contribution in [1.29, 1.82) is 0 Å². The number of carbonyl (C=O) groups is 1. The van der Waals surface area contributed by atoms with Crippen LogP contribution in [0.5, 0.6) is 0 Å². The van der Waals surface area contributed by atoms with E-state index in [0.29, 0.717) is 0 Å². The Hall–Kier alpha value is -0.317. The molecule has 0 amide bonds. The Kier molecular flexibility index (Phi) is 5.80. The molecule has 0 unspecified atom stereocenters. The molecule has 9 heavy (non-hydrogen) atoms. The molecule has 0 rings (SSSR count). The quantitative estimate of drug-likeness (QED) is 0.574. The minimum absolute atomic E-state index is 0.604. The number of hydrogen-bond donors (Lipinski definition) is 2. The molecule has 7 heteroatoms. The fourth-order valence-electron chi connectivity index (χ4n) is 0. The fourth-order valence-corrected chi connectivity index (χ4v) is 0. The molecule has 0 fully saturated rings. The van der Waals surface area contributed by atoms with Crippen molar-refractivity contribution >= 4 is 6.16 Å². The third kappa shape index (κ3) is 2480. The molecule has 0 atom stereocenters. The van der Waals surface area contributed by atoms with Crippen molar-refractivity contribution in [3.8, 4) is 0 Å². The Morgan fingerprint density at radius 1 is 1.33 bits per heavy atom. The molecular formula is C2H2F3O3Zn. The van der Waals surface area contributed by atoms with Crippen LogP contribution in [0, 0.1) is 0 Å². The normalized spacial score (nSPS) is 9.44. The molecule has 0 aromatic rings. The third-order valence-electron chi connectivity index (χ3n) is 0. The van der Waals surface area contributed by atoms with E-state index in [4.69, 9.17) is 15.0 Å². The molecule has 3 nitrogen and oxygen atoms in total. The summed E-state index contributed by atoms with van der Waals surface area (Å²) in [7, 11) is 0. The van der Waals surface area contributed by atoms with Gasteiger partial charge in [0.2, 0.25) is 0 Å². The smallest absolute Gasteiger partial charge is 0.450 e. The van der Waals surface area contributed by atoms with Crippen LogP contribution >= 0.6 is 0 Å². The Morgan fingerprint density at radius 2 is 1.33 bits per heavy atom. The number of halogens is 3. The minimum atomic E-state index is -3.88. The van der Waals surface area contributed by atoms with E-state index in [2.05, 4.69) is 0 Å². The molecule has 0 spiro atoms. The van der Waals surface area contributed by atoms with E-state index in [1.165, 1.54) is 0 Å². The molecule has 0 aromatic heterocycles. The molecule has 0 saturated heterocycles. The van der Waals surface area contributed by atoms with Crippen LogP contribution < -0.4 is 0 Å². The first kappa shape index (κ1) is 11.5. The van der Waals surface area contributed by atoms with Gasteiger partial charge in [0, 0.05) is 0 Å². The van der Waals surface area contributed by atoms with E-state index in [0.717, 1.165) is 0 Å². The molecule has 2 N–H and O–H groups in total. The van der Waals surface area contributed by atoms with Crippen molar-refractivity contribution in [3.63, 3.8) is 0 Å². The maximum atomic E-state index is 10.4. The van der Waals surface area contributed by atoms with Gasteiger partial charge < -0.3 is 10.2 Å². The van der Waals surface area contributed by atoms with Gasteiger partial charge in [0.25, 0.3) is 0 Å². The van der Waals surface area contributed by atoms with Gasteiger partial charge in [-0.3, -0.25) is 0 Å². The maximum Gasteiger partial charge on any atom is 0.503 e. The zero-order valence-corrected chi connectivity index (χ0v) is 7.11. The first-order chi connectivity index (χ1) is 3.73. The minimum Gasteiger partial charge on any atom is -0.450 e. The summed E-state index contributed by atoms with van der Waals surface area (Å²) in [5.74, 6) is 0. The predicted octanol–water partition coefficient (Wildman–Crippen LogP) is 1.28. The van der Waals surface area contributed by atoms with E-state index >= 15 is 0 Å². The molecule has 0 aliphatic rings. The molecule has 0 heterocycles. The summed E-state index contributed by atoms with van der Waals surface area (Å²) in [6.45, 7) is 0. The zero-order valence-electron chi connectivity index (χ0n) is 4.14. The van der Waals surface area contributed by atoms with E-state index < -0.39 is 29.2 Å². The van der Waals surface area contributed by atoms with Gasteiger partial charge in [0.05, 0.1) is 0 Å². The predicted molar refractivity (Wildman–Crippen MR) is 16.7 cm³/mol. The van der Waals surface area contributed by atoms with Gasteiger partial charge in [0.1, 0.15) is 0 Å². The zero-order chi connectivity index (χ0) is 8.08. The number of carboxylic acid groups (broad SMARTS) is 2. The third-order valence-corrected chi connectivity index (χ3v) is 0. The van der Waals surface area contributed by atoms with Crippen molar-refractivity contribution in [2.45, 2.75) is 4.77 Å².